The van der Waals surface area contributed by atoms with Crippen molar-refractivity contribution in [2.24, 2.45) is 0 Å². The summed E-state index contributed by atoms with van der Waals surface area (Å²) in [4.78, 5) is 0.0481. The highest BCUT2D eigenvalue weighted by molar-refractivity contribution is 7.89. The Morgan fingerprint density at radius 1 is 1.25 bits per heavy atom. The summed E-state index contributed by atoms with van der Waals surface area (Å²) in [6.07, 6.45) is 1.54. The molecule has 0 atom stereocenters. The maximum Gasteiger partial charge on any atom is 0.244 e. The number of furan rings is 1. The summed E-state index contributed by atoms with van der Waals surface area (Å²) in [5.41, 5.74) is 0.317. The van der Waals surface area contributed by atoms with Gasteiger partial charge in [-0.05, 0) is 26.7 Å². The molecule has 6 nitrogen and oxygen atoms in total. The number of aliphatic hydroxyl groups is 1. The van der Waals surface area contributed by atoms with Crippen molar-refractivity contribution < 1.29 is 22.7 Å². The van der Waals surface area contributed by atoms with Gasteiger partial charge in [-0.15, -0.1) is 0 Å². The Morgan fingerprint density at radius 3 is 2.55 bits per heavy atom. The summed E-state index contributed by atoms with van der Waals surface area (Å²) < 4.78 is 37.5. The monoisotopic (exact) mass is 305 g/mol. The van der Waals surface area contributed by atoms with Gasteiger partial charge in [0.25, 0.3) is 0 Å². The van der Waals surface area contributed by atoms with Crippen molar-refractivity contribution >= 4 is 10.0 Å². The number of sulfonamides is 1. The number of hydrogen-bond donors (Lipinski definition) is 2. The second kappa shape index (κ2) is 7.78. The molecule has 0 aliphatic carbocycles. The highest BCUT2D eigenvalue weighted by Gasteiger charge is 2.25. The van der Waals surface area contributed by atoms with Crippen molar-refractivity contribution in [2.75, 3.05) is 19.8 Å². The molecule has 20 heavy (non-hydrogen) atoms. The molecular weight excluding hydrogens is 282 g/mol. The molecule has 0 aliphatic heterocycles. The van der Waals surface area contributed by atoms with Crippen LogP contribution in [-0.4, -0.2) is 33.3 Å². The predicted octanol–water partition coefficient (Wildman–Crippen LogP) is 1.48. The summed E-state index contributed by atoms with van der Waals surface area (Å²) in [5, 5.41) is 9.27. The van der Waals surface area contributed by atoms with E-state index in [-0.39, 0.29) is 11.5 Å². The summed E-state index contributed by atoms with van der Waals surface area (Å²) in [6.45, 7) is 6.36. The third kappa shape index (κ3) is 4.31. The highest BCUT2D eigenvalue weighted by Crippen LogP contribution is 2.26. The molecule has 0 amide bonds. The van der Waals surface area contributed by atoms with Gasteiger partial charge in [0.05, 0.1) is 6.61 Å². The molecule has 1 aromatic rings. The molecule has 0 saturated carbocycles. The van der Waals surface area contributed by atoms with Gasteiger partial charge < -0.3 is 14.3 Å². The molecule has 0 spiro atoms. The second-order valence-corrected chi connectivity index (χ2v) is 6.25. The van der Waals surface area contributed by atoms with Gasteiger partial charge >= 0.3 is 0 Å². The number of nitrogens with one attached hydrogen (secondary N) is 1. The fraction of sp³-hybridized carbons (Fsp3) is 0.692. The van der Waals surface area contributed by atoms with Crippen LogP contribution < -0.4 is 4.72 Å². The zero-order chi connectivity index (χ0) is 15.2. The van der Waals surface area contributed by atoms with Gasteiger partial charge in [-0.1, -0.05) is 6.92 Å². The van der Waals surface area contributed by atoms with Crippen LogP contribution in [0.25, 0.3) is 0 Å². The van der Waals surface area contributed by atoms with Crippen molar-refractivity contribution in [1.82, 2.24) is 4.72 Å². The Balaban J connectivity index is 2.65. The van der Waals surface area contributed by atoms with Crippen molar-refractivity contribution in [1.29, 1.82) is 0 Å². The maximum absolute atomic E-state index is 12.2. The molecule has 7 heteroatoms. The van der Waals surface area contributed by atoms with Gasteiger partial charge in [0.1, 0.15) is 16.4 Å². The first kappa shape index (κ1) is 17.2. The van der Waals surface area contributed by atoms with E-state index in [1.807, 2.05) is 6.92 Å². The third-order valence-electron chi connectivity index (χ3n) is 2.86. The van der Waals surface area contributed by atoms with Crippen LogP contribution in [0.15, 0.2) is 9.31 Å². The molecule has 116 valence electrons. The van der Waals surface area contributed by atoms with Crippen LogP contribution in [0.1, 0.15) is 36.8 Å². The van der Waals surface area contributed by atoms with E-state index in [0.717, 1.165) is 6.42 Å². The standard InChI is InChI=1S/C13H23NO5S/c1-4-7-18-8-5-6-14-20(16,17)13-11(3)19-10(2)12(13)9-15/h14-15H,4-9H2,1-3H3. The second-order valence-electron chi connectivity index (χ2n) is 4.54. The van der Waals surface area contributed by atoms with E-state index in [2.05, 4.69) is 4.72 Å². The number of rotatable bonds is 9. The largest absolute Gasteiger partial charge is 0.465 e. The molecular formula is C13H23NO5S. The molecule has 0 saturated heterocycles. The Bertz CT molecular complexity index is 521. The van der Waals surface area contributed by atoms with Crippen LogP contribution in [-0.2, 0) is 21.4 Å². The molecule has 1 rings (SSSR count). The van der Waals surface area contributed by atoms with Crippen LogP contribution in [0.3, 0.4) is 0 Å². The molecule has 0 aliphatic rings. The van der Waals surface area contributed by atoms with Crippen molar-refractivity contribution in [3.63, 3.8) is 0 Å². The van der Waals surface area contributed by atoms with Crippen LogP contribution in [0, 0.1) is 13.8 Å². The van der Waals surface area contributed by atoms with Gasteiger partial charge in [0, 0.05) is 25.3 Å². The number of hydrogen-bond acceptors (Lipinski definition) is 5. The summed E-state index contributed by atoms with van der Waals surface area (Å²) >= 11 is 0. The van der Waals surface area contributed by atoms with E-state index in [4.69, 9.17) is 9.15 Å². The molecule has 1 aromatic heterocycles. The molecule has 0 unspecified atom stereocenters. The first-order chi connectivity index (χ1) is 9.44. The van der Waals surface area contributed by atoms with Gasteiger partial charge in [-0.3, -0.25) is 0 Å². The Morgan fingerprint density at radius 2 is 1.95 bits per heavy atom. The molecule has 0 bridgehead atoms. The average molecular weight is 305 g/mol. The first-order valence-electron chi connectivity index (χ1n) is 6.71. The Kier molecular flexibility index (Phi) is 6.67. The van der Waals surface area contributed by atoms with E-state index in [1.54, 1.807) is 13.8 Å². The molecule has 1 heterocycles. The van der Waals surface area contributed by atoms with Crippen LogP contribution in [0.4, 0.5) is 0 Å². The van der Waals surface area contributed by atoms with E-state index in [0.29, 0.717) is 43.3 Å². The Hall–Kier alpha value is -0.890. The molecule has 0 fully saturated rings. The fourth-order valence-corrected chi connectivity index (χ4v) is 3.45. The van der Waals surface area contributed by atoms with Gasteiger partial charge in [0.15, 0.2) is 0 Å². The maximum atomic E-state index is 12.2. The SMILES string of the molecule is CCCOCCCNS(=O)(=O)c1c(C)oc(C)c1CO. The fourth-order valence-electron chi connectivity index (χ4n) is 1.94. The first-order valence-corrected chi connectivity index (χ1v) is 8.19. The lowest BCUT2D eigenvalue weighted by Gasteiger charge is -2.07. The normalized spacial score (nSPS) is 12.0. The zero-order valence-corrected chi connectivity index (χ0v) is 13.0. The minimum absolute atomic E-state index is 0.0481. The van der Waals surface area contributed by atoms with Crippen LogP contribution >= 0.6 is 0 Å². The van der Waals surface area contributed by atoms with E-state index in [9.17, 15) is 13.5 Å². The lowest BCUT2D eigenvalue weighted by Crippen LogP contribution is -2.26. The van der Waals surface area contributed by atoms with E-state index in [1.165, 1.54) is 0 Å². The minimum atomic E-state index is -3.66. The van der Waals surface area contributed by atoms with Gasteiger partial charge in [-0.2, -0.15) is 0 Å². The number of aryl methyl sites for hydroxylation is 2. The quantitative estimate of drug-likeness (QED) is 0.675. The average Bonchev–Trinajstić information content (AvgIpc) is 2.68. The van der Waals surface area contributed by atoms with Crippen molar-refractivity contribution in [3.05, 3.63) is 17.1 Å². The lowest BCUT2D eigenvalue weighted by atomic mass is 10.2. The van der Waals surface area contributed by atoms with Gasteiger partial charge in [0.2, 0.25) is 10.0 Å². The summed E-state index contributed by atoms with van der Waals surface area (Å²) in [7, 11) is -3.66. The lowest BCUT2D eigenvalue weighted by molar-refractivity contribution is 0.133. The van der Waals surface area contributed by atoms with Crippen molar-refractivity contribution in [3.8, 4) is 0 Å². The Labute approximate surface area is 120 Å². The number of ether oxygens (including phenoxy) is 1. The minimum Gasteiger partial charge on any atom is -0.465 e. The molecule has 0 aromatic carbocycles. The molecule has 0 radical (unpaired) electrons. The predicted molar refractivity (Wildman–Crippen MR) is 75.0 cm³/mol. The summed E-state index contributed by atoms with van der Waals surface area (Å²) in [5.74, 6) is 0.720. The van der Waals surface area contributed by atoms with Crippen molar-refractivity contribution in [2.45, 2.75) is 45.1 Å². The third-order valence-corrected chi connectivity index (χ3v) is 4.51. The van der Waals surface area contributed by atoms with E-state index < -0.39 is 10.0 Å². The van der Waals surface area contributed by atoms with Crippen LogP contribution in [0.2, 0.25) is 0 Å². The zero-order valence-electron chi connectivity index (χ0n) is 12.2. The smallest absolute Gasteiger partial charge is 0.244 e. The number of aliphatic hydroxyl groups excluding tert-OH is 1. The van der Waals surface area contributed by atoms with Crippen LogP contribution in [0.5, 0.6) is 0 Å². The van der Waals surface area contributed by atoms with E-state index >= 15 is 0 Å². The van der Waals surface area contributed by atoms with Gasteiger partial charge in [-0.25, -0.2) is 13.1 Å². The molecule has 2 N–H and O–H groups in total. The highest BCUT2D eigenvalue weighted by atomic mass is 32.2. The topological polar surface area (TPSA) is 88.8 Å². The summed E-state index contributed by atoms with van der Waals surface area (Å²) in [6, 6.07) is 0.